The molecule has 4 aromatic rings. The largest absolute Gasteiger partial charge is 0.337 e. The van der Waals surface area contributed by atoms with Crippen LogP contribution in [-0.4, -0.2) is 61.8 Å². The summed E-state index contributed by atoms with van der Waals surface area (Å²) in [4.78, 5) is 34.1. The molecule has 5 rings (SSSR count). The first-order chi connectivity index (χ1) is 17.4. The number of carbonyl (C=O) groups excluding carboxylic acids is 1. The molecule has 10 heteroatoms. The molecule has 2 aromatic heterocycles. The van der Waals surface area contributed by atoms with Crippen LogP contribution in [0, 0.1) is 12.7 Å². The van der Waals surface area contributed by atoms with Crippen LogP contribution in [0.3, 0.4) is 0 Å². The third kappa shape index (κ3) is 4.55. The van der Waals surface area contributed by atoms with E-state index in [1.807, 2.05) is 37.3 Å². The summed E-state index contributed by atoms with van der Waals surface area (Å²) in [6.45, 7) is 5.55. The highest BCUT2D eigenvalue weighted by Gasteiger charge is 2.30. The standard InChI is InChI=1S/C26H25FN6O3/c1-17-16-22(34)23(29-33(17)21-11-7-6-10-20(21)27)26(35)32-14-12-31(13-15-32)18(2)25-28-24(30-36-25)19-8-4-3-5-9-19/h3-11,16,18H,12-15H2,1-2H3/t18-/m1/s1. The summed E-state index contributed by atoms with van der Waals surface area (Å²) < 4.78 is 21.1. The van der Waals surface area contributed by atoms with Gasteiger partial charge in [0.25, 0.3) is 5.91 Å². The van der Waals surface area contributed by atoms with Crippen molar-refractivity contribution in [2.75, 3.05) is 26.2 Å². The Morgan fingerprint density at radius 3 is 2.44 bits per heavy atom. The van der Waals surface area contributed by atoms with E-state index in [0.717, 1.165) is 5.56 Å². The zero-order chi connectivity index (χ0) is 25.2. The van der Waals surface area contributed by atoms with E-state index >= 15 is 0 Å². The predicted octanol–water partition coefficient (Wildman–Crippen LogP) is 3.25. The molecule has 184 valence electrons. The number of aromatic nitrogens is 4. The first-order valence-electron chi connectivity index (χ1n) is 11.7. The number of amides is 1. The molecular formula is C26H25FN6O3. The molecule has 2 aromatic carbocycles. The van der Waals surface area contributed by atoms with Crippen molar-refractivity contribution in [1.82, 2.24) is 29.7 Å². The van der Waals surface area contributed by atoms with Gasteiger partial charge in [-0.1, -0.05) is 47.6 Å². The van der Waals surface area contributed by atoms with Crippen molar-refractivity contribution in [3.8, 4) is 17.1 Å². The molecular weight excluding hydrogens is 463 g/mol. The quantitative estimate of drug-likeness (QED) is 0.425. The highest BCUT2D eigenvalue weighted by atomic mass is 19.1. The van der Waals surface area contributed by atoms with Crippen molar-refractivity contribution < 1.29 is 13.7 Å². The van der Waals surface area contributed by atoms with Crippen LogP contribution in [0.2, 0.25) is 0 Å². The Labute approximate surface area is 206 Å². The van der Waals surface area contributed by atoms with Crippen molar-refractivity contribution in [1.29, 1.82) is 0 Å². The number of benzene rings is 2. The topological polar surface area (TPSA) is 97.4 Å². The lowest BCUT2D eigenvalue weighted by Crippen LogP contribution is -2.50. The van der Waals surface area contributed by atoms with Crippen LogP contribution in [-0.2, 0) is 0 Å². The summed E-state index contributed by atoms with van der Waals surface area (Å²) in [7, 11) is 0. The molecule has 0 aliphatic carbocycles. The van der Waals surface area contributed by atoms with E-state index in [-0.39, 0.29) is 17.4 Å². The van der Waals surface area contributed by atoms with Crippen LogP contribution in [0.4, 0.5) is 4.39 Å². The van der Waals surface area contributed by atoms with Gasteiger partial charge in [-0.05, 0) is 26.0 Å². The summed E-state index contributed by atoms with van der Waals surface area (Å²) >= 11 is 0. The fourth-order valence-corrected chi connectivity index (χ4v) is 4.29. The zero-order valence-corrected chi connectivity index (χ0v) is 20.0. The van der Waals surface area contributed by atoms with Gasteiger partial charge in [0.05, 0.1) is 6.04 Å². The molecule has 1 atom stereocenters. The Bertz CT molecular complexity index is 1440. The molecule has 1 aliphatic heterocycles. The van der Waals surface area contributed by atoms with Crippen LogP contribution >= 0.6 is 0 Å². The van der Waals surface area contributed by atoms with E-state index in [4.69, 9.17) is 4.52 Å². The molecule has 1 saturated heterocycles. The summed E-state index contributed by atoms with van der Waals surface area (Å²) in [6, 6.07) is 16.9. The van der Waals surface area contributed by atoms with Crippen LogP contribution in [0.25, 0.3) is 17.1 Å². The number of nitrogens with zero attached hydrogens (tertiary/aromatic N) is 6. The average Bonchev–Trinajstić information content (AvgIpc) is 3.40. The van der Waals surface area contributed by atoms with Crippen molar-refractivity contribution in [2.24, 2.45) is 0 Å². The van der Waals surface area contributed by atoms with Gasteiger partial charge in [-0.25, -0.2) is 9.07 Å². The number of piperazine rings is 1. The van der Waals surface area contributed by atoms with Crippen molar-refractivity contribution >= 4 is 5.91 Å². The van der Waals surface area contributed by atoms with Crippen LogP contribution in [0.1, 0.15) is 35.0 Å². The third-order valence-electron chi connectivity index (χ3n) is 6.37. The summed E-state index contributed by atoms with van der Waals surface area (Å²) in [6.07, 6.45) is 0. The molecule has 0 bridgehead atoms. The van der Waals surface area contributed by atoms with Crippen molar-refractivity contribution in [3.05, 3.63) is 94.0 Å². The minimum Gasteiger partial charge on any atom is -0.337 e. The summed E-state index contributed by atoms with van der Waals surface area (Å²) in [5.41, 5.74) is 0.781. The van der Waals surface area contributed by atoms with Gasteiger partial charge in [-0.3, -0.25) is 14.5 Å². The molecule has 1 fully saturated rings. The SMILES string of the molecule is Cc1cc(=O)c(C(=O)N2CCN([C@H](C)c3nc(-c4ccccc4)no3)CC2)nn1-c1ccccc1F. The molecule has 0 spiro atoms. The second kappa shape index (κ2) is 9.82. The van der Waals surface area contributed by atoms with Gasteiger partial charge in [-0.15, -0.1) is 0 Å². The molecule has 0 radical (unpaired) electrons. The summed E-state index contributed by atoms with van der Waals surface area (Å²) in [5.74, 6) is 0.0696. The molecule has 0 unspecified atom stereocenters. The van der Waals surface area contributed by atoms with Gasteiger partial charge < -0.3 is 9.42 Å². The Balaban J connectivity index is 1.29. The molecule has 1 aliphatic rings. The number of carbonyl (C=O) groups is 1. The second-order valence-electron chi connectivity index (χ2n) is 8.69. The Morgan fingerprint density at radius 1 is 1.03 bits per heavy atom. The normalized spacial score (nSPS) is 15.1. The maximum Gasteiger partial charge on any atom is 0.278 e. The minimum absolute atomic E-state index is 0.136. The van der Waals surface area contributed by atoms with Gasteiger partial charge in [0.2, 0.25) is 17.1 Å². The van der Waals surface area contributed by atoms with E-state index in [2.05, 4.69) is 20.1 Å². The van der Waals surface area contributed by atoms with Crippen LogP contribution in [0.5, 0.6) is 0 Å². The van der Waals surface area contributed by atoms with Gasteiger partial charge in [0.1, 0.15) is 11.5 Å². The smallest absolute Gasteiger partial charge is 0.278 e. The monoisotopic (exact) mass is 488 g/mol. The van der Waals surface area contributed by atoms with E-state index in [1.54, 1.807) is 30.0 Å². The molecule has 36 heavy (non-hydrogen) atoms. The maximum absolute atomic E-state index is 14.3. The first kappa shape index (κ1) is 23.6. The minimum atomic E-state index is -0.491. The lowest BCUT2D eigenvalue weighted by Gasteiger charge is -2.36. The highest BCUT2D eigenvalue weighted by molar-refractivity contribution is 5.92. The van der Waals surface area contributed by atoms with Gasteiger partial charge in [0, 0.05) is 43.5 Å². The molecule has 1 amide bonds. The Kier molecular flexibility index (Phi) is 6.43. The summed E-state index contributed by atoms with van der Waals surface area (Å²) in [5, 5.41) is 8.33. The predicted molar refractivity (Wildman–Crippen MR) is 130 cm³/mol. The van der Waals surface area contributed by atoms with Crippen LogP contribution < -0.4 is 5.43 Å². The fourth-order valence-electron chi connectivity index (χ4n) is 4.29. The number of hydrogen-bond acceptors (Lipinski definition) is 7. The van der Waals surface area contributed by atoms with E-state index in [1.165, 1.54) is 16.8 Å². The average molecular weight is 489 g/mol. The van der Waals surface area contributed by atoms with E-state index in [0.29, 0.717) is 43.6 Å². The Morgan fingerprint density at radius 2 is 1.72 bits per heavy atom. The number of para-hydroxylation sites is 1. The molecule has 3 heterocycles. The zero-order valence-electron chi connectivity index (χ0n) is 20.0. The lowest BCUT2D eigenvalue weighted by molar-refractivity contribution is 0.0543. The number of hydrogen-bond donors (Lipinski definition) is 0. The van der Waals surface area contributed by atoms with E-state index in [9.17, 15) is 14.0 Å². The lowest BCUT2D eigenvalue weighted by atomic mass is 10.2. The van der Waals surface area contributed by atoms with Gasteiger partial charge in [-0.2, -0.15) is 10.1 Å². The van der Waals surface area contributed by atoms with Crippen molar-refractivity contribution in [2.45, 2.75) is 19.9 Å². The van der Waals surface area contributed by atoms with E-state index < -0.39 is 17.2 Å². The molecule has 0 saturated carbocycles. The number of aryl methyl sites for hydroxylation is 1. The Hall–Kier alpha value is -4.18. The third-order valence-corrected chi connectivity index (χ3v) is 6.37. The highest BCUT2D eigenvalue weighted by Crippen LogP contribution is 2.23. The van der Waals surface area contributed by atoms with Gasteiger partial charge in [0.15, 0.2) is 5.69 Å². The van der Waals surface area contributed by atoms with Crippen molar-refractivity contribution in [3.63, 3.8) is 0 Å². The van der Waals surface area contributed by atoms with Gasteiger partial charge >= 0.3 is 0 Å². The number of halogens is 1. The second-order valence-corrected chi connectivity index (χ2v) is 8.69. The fraction of sp³-hybridized carbons (Fsp3) is 0.269. The maximum atomic E-state index is 14.3. The van der Waals surface area contributed by atoms with Crippen LogP contribution in [0.15, 0.2) is 70.0 Å². The first-order valence-corrected chi connectivity index (χ1v) is 11.7. The number of rotatable bonds is 5. The molecule has 9 nitrogen and oxygen atoms in total. The molecule has 0 N–H and O–H groups in total.